The van der Waals surface area contributed by atoms with E-state index in [1.807, 2.05) is 0 Å². The summed E-state index contributed by atoms with van der Waals surface area (Å²) in [7, 11) is 0. The molecule has 0 atom stereocenters. The minimum absolute atomic E-state index is 0.0384. The fourth-order valence-corrected chi connectivity index (χ4v) is 2.66. The van der Waals surface area contributed by atoms with Crippen molar-refractivity contribution in [3.05, 3.63) is 46.8 Å². The highest BCUT2D eigenvalue weighted by Crippen LogP contribution is 2.24. The molecule has 0 aliphatic carbocycles. The number of nitrogens with one attached hydrogen (secondary N) is 1. The first-order valence-electron chi connectivity index (χ1n) is 7.29. The zero-order valence-corrected chi connectivity index (χ0v) is 14.1. The molecule has 1 aromatic carbocycles. The van der Waals surface area contributed by atoms with Gasteiger partial charge in [0, 0.05) is 5.56 Å². The van der Waals surface area contributed by atoms with E-state index in [4.69, 9.17) is 9.47 Å². The molecule has 24 heavy (non-hydrogen) atoms. The van der Waals surface area contributed by atoms with E-state index < -0.39 is 11.9 Å². The number of esters is 1. The smallest absolute Gasteiger partial charge is 0.341 e. The van der Waals surface area contributed by atoms with Crippen LogP contribution in [0.5, 0.6) is 5.75 Å². The Morgan fingerprint density at radius 2 is 1.83 bits per heavy atom. The van der Waals surface area contributed by atoms with Gasteiger partial charge in [0.25, 0.3) is 5.91 Å². The summed E-state index contributed by atoms with van der Waals surface area (Å²) in [6.07, 6.45) is 0. The number of Topliss-reactive ketones (excluding diaryl/α,β-unsaturated/α-hetero) is 1. The van der Waals surface area contributed by atoms with Crippen molar-refractivity contribution in [2.24, 2.45) is 0 Å². The van der Waals surface area contributed by atoms with Gasteiger partial charge in [-0.2, -0.15) is 0 Å². The van der Waals surface area contributed by atoms with Crippen LogP contribution in [0.1, 0.15) is 34.6 Å². The molecule has 1 heterocycles. The van der Waals surface area contributed by atoms with Gasteiger partial charge in [-0.3, -0.25) is 9.59 Å². The lowest BCUT2D eigenvalue weighted by Gasteiger charge is -2.08. The Hall–Kier alpha value is -2.67. The molecule has 2 rings (SSSR count). The zero-order valence-electron chi connectivity index (χ0n) is 13.3. The minimum atomic E-state index is -0.477. The van der Waals surface area contributed by atoms with Gasteiger partial charge < -0.3 is 14.8 Å². The molecule has 0 unspecified atom stereocenters. The van der Waals surface area contributed by atoms with Crippen LogP contribution in [0.25, 0.3) is 0 Å². The van der Waals surface area contributed by atoms with Crippen LogP contribution in [-0.4, -0.2) is 30.9 Å². The number of ketones is 1. The Kier molecular flexibility index (Phi) is 6.08. The van der Waals surface area contributed by atoms with E-state index in [0.717, 1.165) is 0 Å². The molecule has 1 amide bonds. The molecular formula is C17H17NO5S. The Balaban J connectivity index is 1.91. The van der Waals surface area contributed by atoms with E-state index >= 15 is 0 Å². The maximum Gasteiger partial charge on any atom is 0.341 e. The molecule has 2 aromatic rings. The van der Waals surface area contributed by atoms with Crippen molar-refractivity contribution in [2.75, 3.05) is 18.5 Å². The fourth-order valence-electron chi connectivity index (χ4n) is 1.87. The third-order valence-corrected chi connectivity index (χ3v) is 3.87. The molecule has 0 saturated carbocycles. The molecule has 0 saturated heterocycles. The topological polar surface area (TPSA) is 81.7 Å². The molecule has 0 radical (unpaired) electrons. The highest BCUT2D eigenvalue weighted by atomic mass is 32.1. The number of amides is 1. The summed E-state index contributed by atoms with van der Waals surface area (Å²) < 4.78 is 10.3. The molecular weight excluding hydrogens is 330 g/mol. The summed E-state index contributed by atoms with van der Waals surface area (Å²) in [4.78, 5) is 34.9. The quantitative estimate of drug-likeness (QED) is 0.615. The number of carbonyl (C=O) groups excluding carboxylic acids is 3. The molecule has 1 N–H and O–H groups in total. The first-order chi connectivity index (χ1) is 11.5. The first kappa shape index (κ1) is 17.7. The molecule has 0 aliphatic heterocycles. The SMILES string of the molecule is CCOC(=O)c1ccsc1NC(=O)COc1ccc(C(C)=O)cc1. The Morgan fingerprint density at radius 3 is 2.46 bits per heavy atom. The van der Waals surface area contributed by atoms with Crippen LogP contribution >= 0.6 is 11.3 Å². The van der Waals surface area contributed by atoms with E-state index in [2.05, 4.69) is 5.32 Å². The maximum absolute atomic E-state index is 12.0. The monoisotopic (exact) mass is 347 g/mol. The number of ether oxygens (including phenoxy) is 2. The minimum Gasteiger partial charge on any atom is -0.484 e. The van der Waals surface area contributed by atoms with Gasteiger partial charge in [-0.05, 0) is 49.6 Å². The summed E-state index contributed by atoms with van der Waals surface area (Å²) in [5.74, 6) is -0.427. The van der Waals surface area contributed by atoms with E-state index in [-0.39, 0.29) is 19.0 Å². The summed E-state index contributed by atoms with van der Waals surface area (Å²) in [5, 5.41) is 4.75. The van der Waals surface area contributed by atoms with E-state index in [9.17, 15) is 14.4 Å². The van der Waals surface area contributed by atoms with Gasteiger partial charge in [-0.15, -0.1) is 11.3 Å². The number of anilines is 1. The van der Waals surface area contributed by atoms with Gasteiger partial charge in [-0.25, -0.2) is 4.79 Å². The summed E-state index contributed by atoms with van der Waals surface area (Å²) in [5.41, 5.74) is 0.894. The molecule has 7 heteroatoms. The Labute approximate surface area is 143 Å². The highest BCUT2D eigenvalue weighted by molar-refractivity contribution is 7.14. The first-order valence-corrected chi connectivity index (χ1v) is 8.17. The van der Waals surface area contributed by atoms with Crippen LogP contribution in [0.3, 0.4) is 0 Å². The molecule has 0 bridgehead atoms. The van der Waals surface area contributed by atoms with Gasteiger partial charge in [0.1, 0.15) is 10.8 Å². The molecule has 126 valence electrons. The average molecular weight is 347 g/mol. The van der Waals surface area contributed by atoms with Crippen molar-refractivity contribution < 1.29 is 23.9 Å². The average Bonchev–Trinajstić information content (AvgIpc) is 3.01. The molecule has 1 aromatic heterocycles. The van der Waals surface area contributed by atoms with Gasteiger partial charge >= 0.3 is 5.97 Å². The van der Waals surface area contributed by atoms with Crippen molar-refractivity contribution in [1.29, 1.82) is 0 Å². The van der Waals surface area contributed by atoms with Crippen LogP contribution in [0.15, 0.2) is 35.7 Å². The van der Waals surface area contributed by atoms with Crippen LogP contribution in [0.4, 0.5) is 5.00 Å². The standard InChI is InChI=1S/C17H17NO5S/c1-3-22-17(21)14-8-9-24-16(14)18-15(20)10-23-13-6-4-12(5-7-13)11(2)19/h4-9H,3,10H2,1-2H3,(H,18,20). The number of carbonyl (C=O) groups is 3. The van der Waals surface area contributed by atoms with Crippen molar-refractivity contribution in [2.45, 2.75) is 13.8 Å². The predicted molar refractivity (Wildman–Crippen MR) is 90.8 cm³/mol. The molecule has 0 spiro atoms. The third kappa shape index (κ3) is 4.66. The number of benzene rings is 1. The lowest BCUT2D eigenvalue weighted by Crippen LogP contribution is -2.21. The molecule has 0 fully saturated rings. The van der Waals surface area contributed by atoms with Gasteiger partial charge in [-0.1, -0.05) is 0 Å². The number of hydrogen-bond donors (Lipinski definition) is 1. The lowest BCUT2D eigenvalue weighted by atomic mass is 10.1. The number of hydrogen-bond acceptors (Lipinski definition) is 6. The van der Waals surface area contributed by atoms with E-state index in [0.29, 0.717) is 21.9 Å². The predicted octanol–water partition coefficient (Wildman–Crippen LogP) is 3.14. The number of rotatable bonds is 7. The van der Waals surface area contributed by atoms with Crippen molar-refractivity contribution >= 4 is 34.0 Å². The van der Waals surface area contributed by atoms with Gasteiger partial charge in [0.15, 0.2) is 12.4 Å². The largest absolute Gasteiger partial charge is 0.484 e. The lowest BCUT2D eigenvalue weighted by molar-refractivity contribution is -0.118. The summed E-state index contributed by atoms with van der Waals surface area (Å²) in [6.45, 7) is 3.25. The molecule has 0 aliphatic rings. The maximum atomic E-state index is 12.0. The van der Waals surface area contributed by atoms with Gasteiger partial charge in [0.2, 0.25) is 0 Å². The normalized spacial score (nSPS) is 10.1. The zero-order chi connectivity index (χ0) is 17.5. The van der Waals surface area contributed by atoms with Gasteiger partial charge in [0.05, 0.1) is 12.2 Å². The van der Waals surface area contributed by atoms with Crippen molar-refractivity contribution in [3.63, 3.8) is 0 Å². The molecule has 6 nitrogen and oxygen atoms in total. The van der Waals surface area contributed by atoms with Crippen molar-refractivity contribution in [3.8, 4) is 5.75 Å². The third-order valence-electron chi connectivity index (χ3n) is 3.04. The highest BCUT2D eigenvalue weighted by Gasteiger charge is 2.16. The van der Waals surface area contributed by atoms with Crippen LogP contribution < -0.4 is 10.1 Å². The van der Waals surface area contributed by atoms with E-state index in [1.165, 1.54) is 18.3 Å². The van der Waals surface area contributed by atoms with Crippen LogP contribution in [0, 0.1) is 0 Å². The fraction of sp³-hybridized carbons (Fsp3) is 0.235. The summed E-state index contributed by atoms with van der Waals surface area (Å²) >= 11 is 1.23. The summed E-state index contributed by atoms with van der Waals surface area (Å²) in [6, 6.07) is 8.11. The van der Waals surface area contributed by atoms with Crippen LogP contribution in [-0.2, 0) is 9.53 Å². The Morgan fingerprint density at radius 1 is 1.12 bits per heavy atom. The van der Waals surface area contributed by atoms with Crippen LogP contribution in [0.2, 0.25) is 0 Å². The van der Waals surface area contributed by atoms with Crippen molar-refractivity contribution in [1.82, 2.24) is 0 Å². The second kappa shape index (κ2) is 8.26. The second-order valence-corrected chi connectivity index (χ2v) is 5.72. The van der Waals surface area contributed by atoms with E-state index in [1.54, 1.807) is 42.6 Å². The number of thiophene rings is 1. The Bertz CT molecular complexity index is 736. The second-order valence-electron chi connectivity index (χ2n) is 4.80.